The van der Waals surface area contributed by atoms with E-state index in [1.54, 1.807) is 32.4 Å². The van der Waals surface area contributed by atoms with Crippen LogP contribution in [0.5, 0.6) is 11.5 Å². The Balaban J connectivity index is 2.01. The fourth-order valence-electron chi connectivity index (χ4n) is 2.76. The number of hydrogen-bond acceptors (Lipinski definition) is 4. The van der Waals surface area contributed by atoms with E-state index >= 15 is 0 Å². The van der Waals surface area contributed by atoms with Crippen molar-refractivity contribution < 1.29 is 19.4 Å². The predicted octanol–water partition coefficient (Wildman–Crippen LogP) is 3.05. The van der Waals surface area contributed by atoms with E-state index in [9.17, 15) is 9.90 Å². The number of aliphatic hydroxyl groups is 1. The highest BCUT2D eigenvalue weighted by Crippen LogP contribution is 2.30. The van der Waals surface area contributed by atoms with Gasteiger partial charge < -0.3 is 19.9 Å². The molecular weight excluding hydrogens is 318 g/mol. The molecule has 2 atom stereocenters. The Kier molecular flexibility index (Phi) is 6.83. The third-order valence-electron chi connectivity index (χ3n) is 4.19. The second-order valence-corrected chi connectivity index (χ2v) is 5.75. The van der Waals surface area contributed by atoms with Crippen molar-refractivity contribution in [2.75, 3.05) is 20.8 Å². The molecule has 2 rings (SSSR count). The van der Waals surface area contributed by atoms with Gasteiger partial charge in [-0.3, -0.25) is 4.79 Å². The molecule has 5 nitrogen and oxygen atoms in total. The molecule has 0 aliphatic heterocycles. The lowest BCUT2D eigenvalue weighted by Gasteiger charge is -2.18. The van der Waals surface area contributed by atoms with E-state index in [0.29, 0.717) is 23.5 Å². The van der Waals surface area contributed by atoms with Crippen molar-refractivity contribution in [1.82, 2.24) is 5.32 Å². The van der Waals surface area contributed by atoms with Crippen LogP contribution >= 0.6 is 0 Å². The van der Waals surface area contributed by atoms with E-state index in [1.165, 1.54) is 0 Å². The summed E-state index contributed by atoms with van der Waals surface area (Å²) in [7, 11) is 3.10. The van der Waals surface area contributed by atoms with E-state index in [4.69, 9.17) is 9.47 Å². The van der Waals surface area contributed by atoms with E-state index in [0.717, 1.165) is 5.56 Å². The molecule has 0 saturated heterocycles. The molecule has 134 valence electrons. The average molecular weight is 343 g/mol. The largest absolute Gasteiger partial charge is 0.493 e. The van der Waals surface area contributed by atoms with Crippen LogP contribution in [-0.2, 0) is 4.79 Å². The number of aliphatic hydroxyl groups excluding tert-OH is 1. The topological polar surface area (TPSA) is 67.8 Å². The molecule has 0 spiro atoms. The van der Waals surface area contributed by atoms with Crippen LogP contribution < -0.4 is 14.8 Å². The highest BCUT2D eigenvalue weighted by molar-refractivity contribution is 5.83. The number of benzene rings is 2. The van der Waals surface area contributed by atoms with Crippen molar-refractivity contribution >= 4 is 5.91 Å². The number of ether oxygens (including phenoxy) is 2. The third kappa shape index (κ3) is 4.73. The van der Waals surface area contributed by atoms with Crippen LogP contribution in [0, 0.1) is 0 Å². The van der Waals surface area contributed by atoms with Gasteiger partial charge in [-0.2, -0.15) is 0 Å². The number of amides is 1. The maximum absolute atomic E-state index is 12.5. The lowest BCUT2D eigenvalue weighted by atomic mass is 9.95. The Hall–Kier alpha value is -2.53. The molecule has 0 bridgehead atoms. The van der Waals surface area contributed by atoms with Gasteiger partial charge in [0.25, 0.3) is 0 Å². The summed E-state index contributed by atoms with van der Waals surface area (Å²) in [6, 6.07) is 14.9. The van der Waals surface area contributed by atoms with Crippen molar-refractivity contribution in [2.24, 2.45) is 0 Å². The molecule has 1 amide bonds. The van der Waals surface area contributed by atoms with Crippen LogP contribution in [0.1, 0.15) is 36.5 Å². The van der Waals surface area contributed by atoms with Gasteiger partial charge in [-0.05, 0) is 29.7 Å². The highest BCUT2D eigenvalue weighted by Gasteiger charge is 2.20. The van der Waals surface area contributed by atoms with Crippen LogP contribution in [-0.4, -0.2) is 31.8 Å². The molecule has 0 saturated carbocycles. The first-order chi connectivity index (χ1) is 12.1. The van der Waals surface area contributed by atoms with Gasteiger partial charge in [0.15, 0.2) is 11.5 Å². The molecule has 25 heavy (non-hydrogen) atoms. The third-order valence-corrected chi connectivity index (χ3v) is 4.19. The fraction of sp³-hybridized carbons (Fsp3) is 0.350. The molecule has 0 aliphatic carbocycles. The van der Waals surface area contributed by atoms with Gasteiger partial charge in [0.05, 0.1) is 26.2 Å². The Labute approximate surface area is 148 Å². The van der Waals surface area contributed by atoms with Crippen LogP contribution in [0.4, 0.5) is 0 Å². The van der Waals surface area contributed by atoms with Gasteiger partial charge in [-0.25, -0.2) is 0 Å². The van der Waals surface area contributed by atoms with Crippen molar-refractivity contribution in [3.63, 3.8) is 0 Å². The zero-order valence-corrected chi connectivity index (χ0v) is 14.9. The molecule has 0 aromatic heterocycles. The molecule has 0 radical (unpaired) electrons. The highest BCUT2D eigenvalue weighted by atomic mass is 16.5. The van der Waals surface area contributed by atoms with Gasteiger partial charge in [0.1, 0.15) is 0 Å². The summed E-state index contributed by atoms with van der Waals surface area (Å²) in [6.07, 6.45) is -0.125. The van der Waals surface area contributed by atoms with Gasteiger partial charge >= 0.3 is 0 Å². The number of rotatable bonds is 8. The quantitative estimate of drug-likeness (QED) is 0.773. The first kappa shape index (κ1) is 18.8. The summed E-state index contributed by atoms with van der Waals surface area (Å²) in [5, 5.41) is 13.2. The lowest BCUT2D eigenvalue weighted by Crippen LogP contribution is -2.32. The molecule has 0 aliphatic rings. The summed E-state index contributed by atoms with van der Waals surface area (Å²) < 4.78 is 10.4. The SMILES string of the molecule is CCC(C(=O)NCC(O)c1ccc(OC)c(OC)c1)c1ccccc1. The standard InChI is InChI=1S/C20H25NO4/c1-4-16(14-8-6-5-7-9-14)20(23)21-13-17(22)15-10-11-18(24-2)19(12-15)25-3/h5-12,16-17,22H,4,13H2,1-3H3,(H,21,23). The molecular formula is C20H25NO4. The minimum atomic E-state index is -0.822. The van der Waals surface area contributed by atoms with Gasteiger partial charge in [0.2, 0.25) is 5.91 Å². The van der Waals surface area contributed by atoms with E-state index in [-0.39, 0.29) is 18.4 Å². The van der Waals surface area contributed by atoms with E-state index in [2.05, 4.69) is 5.32 Å². The number of nitrogens with one attached hydrogen (secondary N) is 1. The van der Waals surface area contributed by atoms with Crippen molar-refractivity contribution in [3.8, 4) is 11.5 Å². The van der Waals surface area contributed by atoms with Crippen molar-refractivity contribution in [2.45, 2.75) is 25.4 Å². The Morgan fingerprint density at radius 1 is 1.04 bits per heavy atom. The van der Waals surface area contributed by atoms with E-state index < -0.39 is 6.10 Å². The molecule has 2 aromatic carbocycles. The number of hydrogen-bond donors (Lipinski definition) is 2. The second kappa shape index (κ2) is 9.08. The fourth-order valence-corrected chi connectivity index (χ4v) is 2.76. The molecule has 5 heteroatoms. The molecule has 2 aromatic rings. The van der Waals surface area contributed by atoms with Crippen molar-refractivity contribution in [3.05, 3.63) is 59.7 Å². The van der Waals surface area contributed by atoms with Gasteiger partial charge in [-0.15, -0.1) is 0 Å². The minimum Gasteiger partial charge on any atom is -0.493 e. The molecule has 0 heterocycles. The molecule has 2 N–H and O–H groups in total. The van der Waals surface area contributed by atoms with Gasteiger partial charge in [-0.1, -0.05) is 43.3 Å². The molecule has 2 unspecified atom stereocenters. The smallest absolute Gasteiger partial charge is 0.227 e. The normalized spacial score (nSPS) is 13.0. The second-order valence-electron chi connectivity index (χ2n) is 5.75. The minimum absolute atomic E-state index is 0.0896. The summed E-state index contributed by atoms with van der Waals surface area (Å²) in [4.78, 5) is 12.5. The summed E-state index contributed by atoms with van der Waals surface area (Å²) in [5.41, 5.74) is 1.63. The van der Waals surface area contributed by atoms with Crippen LogP contribution in [0.3, 0.4) is 0 Å². The first-order valence-electron chi connectivity index (χ1n) is 8.33. The van der Waals surface area contributed by atoms with Crippen LogP contribution in [0.2, 0.25) is 0 Å². The zero-order valence-electron chi connectivity index (χ0n) is 14.9. The van der Waals surface area contributed by atoms with Gasteiger partial charge in [0, 0.05) is 6.54 Å². The zero-order chi connectivity index (χ0) is 18.2. The van der Waals surface area contributed by atoms with E-state index in [1.807, 2.05) is 37.3 Å². The molecule has 0 fully saturated rings. The number of carbonyl (C=O) groups is 1. The number of carbonyl (C=O) groups excluding carboxylic acids is 1. The van der Waals surface area contributed by atoms with Crippen molar-refractivity contribution in [1.29, 1.82) is 0 Å². The Bertz CT molecular complexity index is 687. The maximum Gasteiger partial charge on any atom is 0.227 e. The Morgan fingerprint density at radius 3 is 2.32 bits per heavy atom. The lowest BCUT2D eigenvalue weighted by molar-refractivity contribution is -0.123. The number of methoxy groups -OCH3 is 2. The summed E-state index contributed by atoms with van der Waals surface area (Å²) in [6.45, 7) is 2.11. The van der Waals surface area contributed by atoms with Crippen LogP contribution in [0.25, 0.3) is 0 Å². The summed E-state index contributed by atoms with van der Waals surface area (Å²) in [5.74, 6) is 0.825. The Morgan fingerprint density at radius 2 is 1.72 bits per heavy atom. The maximum atomic E-state index is 12.5. The van der Waals surface area contributed by atoms with Crippen LogP contribution in [0.15, 0.2) is 48.5 Å². The monoisotopic (exact) mass is 343 g/mol. The first-order valence-corrected chi connectivity index (χ1v) is 8.33. The predicted molar refractivity (Wildman–Crippen MR) is 97.0 cm³/mol. The average Bonchev–Trinajstić information content (AvgIpc) is 2.66. The summed E-state index contributed by atoms with van der Waals surface area (Å²) >= 11 is 0.